The number of carbonyl (C=O) groups is 1. The lowest BCUT2D eigenvalue weighted by Gasteiger charge is -2.12. The molecule has 12 heavy (non-hydrogen) atoms. The standard InChI is InChI=1S/C6H13NO4S/c1-4(2)5(7)6(8)11-12(3,9)10/h4-5H,7H2,1-3H3/t5-/m0/s1. The van der Waals surface area contributed by atoms with E-state index in [1.807, 2.05) is 0 Å². The predicted molar refractivity (Wildman–Crippen MR) is 43.7 cm³/mol. The molecule has 5 nitrogen and oxygen atoms in total. The lowest BCUT2D eigenvalue weighted by Crippen LogP contribution is -2.37. The first-order chi connectivity index (χ1) is 5.24. The molecule has 72 valence electrons. The molecule has 0 bridgehead atoms. The van der Waals surface area contributed by atoms with E-state index in [1.165, 1.54) is 0 Å². The summed E-state index contributed by atoms with van der Waals surface area (Å²) in [6, 6.07) is -0.889. The molecule has 0 radical (unpaired) electrons. The predicted octanol–water partition coefficient (Wildman–Crippen LogP) is -0.528. The molecule has 0 aliphatic rings. The van der Waals surface area contributed by atoms with E-state index in [0.717, 1.165) is 6.26 Å². The van der Waals surface area contributed by atoms with E-state index in [1.54, 1.807) is 13.8 Å². The fourth-order valence-corrected chi connectivity index (χ4v) is 0.886. The Morgan fingerprint density at radius 3 is 2.08 bits per heavy atom. The zero-order valence-corrected chi connectivity index (χ0v) is 8.09. The zero-order valence-electron chi connectivity index (χ0n) is 7.27. The minimum absolute atomic E-state index is 0.140. The molecule has 0 aliphatic carbocycles. The SMILES string of the molecule is CC(C)[C@H](N)C(=O)OS(C)(=O)=O. The second-order valence-electron chi connectivity index (χ2n) is 2.88. The van der Waals surface area contributed by atoms with Gasteiger partial charge in [-0.1, -0.05) is 13.8 Å². The summed E-state index contributed by atoms with van der Waals surface area (Å²) >= 11 is 0. The van der Waals surface area contributed by atoms with Gasteiger partial charge in [-0.25, -0.2) is 4.79 Å². The van der Waals surface area contributed by atoms with Crippen molar-refractivity contribution in [1.29, 1.82) is 0 Å². The van der Waals surface area contributed by atoms with Crippen molar-refractivity contribution >= 4 is 16.1 Å². The van der Waals surface area contributed by atoms with Gasteiger partial charge in [-0.15, -0.1) is 0 Å². The molecule has 2 N–H and O–H groups in total. The van der Waals surface area contributed by atoms with Gasteiger partial charge in [0.25, 0.3) is 0 Å². The van der Waals surface area contributed by atoms with Gasteiger partial charge in [0.1, 0.15) is 6.04 Å². The van der Waals surface area contributed by atoms with Gasteiger partial charge in [0.2, 0.25) is 0 Å². The van der Waals surface area contributed by atoms with E-state index in [-0.39, 0.29) is 5.92 Å². The van der Waals surface area contributed by atoms with Crippen molar-refractivity contribution in [3.05, 3.63) is 0 Å². The number of hydrogen-bond donors (Lipinski definition) is 1. The Morgan fingerprint density at radius 2 is 1.83 bits per heavy atom. The number of carbonyl (C=O) groups excluding carboxylic acids is 1. The maximum absolute atomic E-state index is 10.9. The summed E-state index contributed by atoms with van der Waals surface area (Å²) in [7, 11) is -3.73. The van der Waals surface area contributed by atoms with E-state index in [9.17, 15) is 13.2 Å². The van der Waals surface area contributed by atoms with Crippen molar-refractivity contribution in [3.8, 4) is 0 Å². The molecule has 0 aromatic rings. The molecule has 0 fully saturated rings. The third-order valence-electron chi connectivity index (χ3n) is 1.22. The summed E-state index contributed by atoms with van der Waals surface area (Å²) in [5.74, 6) is -1.05. The Balaban J connectivity index is 4.25. The fourth-order valence-electron chi connectivity index (χ4n) is 0.477. The van der Waals surface area contributed by atoms with Crippen LogP contribution in [0.25, 0.3) is 0 Å². The van der Waals surface area contributed by atoms with Crippen LogP contribution in [0.4, 0.5) is 0 Å². The highest BCUT2D eigenvalue weighted by atomic mass is 32.2. The minimum atomic E-state index is -3.73. The zero-order chi connectivity index (χ0) is 9.94. The first-order valence-corrected chi connectivity index (χ1v) is 5.24. The molecule has 0 unspecified atom stereocenters. The Morgan fingerprint density at radius 1 is 1.42 bits per heavy atom. The van der Waals surface area contributed by atoms with Crippen LogP contribution in [0.2, 0.25) is 0 Å². The lowest BCUT2D eigenvalue weighted by molar-refractivity contribution is -0.136. The van der Waals surface area contributed by atoms with Gasteiger partial charge in [-0.3, -0.25) is 0 Å². The van der Waals surface area contributed by atoms with Crippen LogP contribution in [0, 0.1) is 5.92 Å². The van der Waals surface area contributed by atoms with Crippen molar-refractivity contribution < 1.29 is 17.4 Å². The van der Waals surface area contributed by atoms with Gasteiger partial charge in [-0.2, -0.15) is 8.42 Å². The summed E-state index contributed by atoms with van der Waals surface area (Å²) in [5, 5.41) is 0. The first-order valence-electron chi connectivity index (χ1n) is 3.43. The van der Waals surface area contributed by atoms with E-state index >= 15 is 0 Å². The topological polar surface area (TPSA) is 86.5 Å². The molecular weight excluding hydrogens is 182 g/mol. The molecule has 0 saturated carbocycles. The number of hydrogen-bond acceptors (Lipinski definition) is 5. The average Bonchev–Trinajstić information content (AvgIpc) is 1.82. The summed E-state index contributed by atoms with van der Waals surface area (Å²) in [6.45, 7) is 3.41. The molecule has 0 aromatic heterocycles. The van der Waals surface area contributed by atoms with Crippen LogP contribution in [-0.4, -0.2) is 26.7 Å². The smallest absolute Gasteiger partial charge is 0.339 e. The maximum atomic E-state index is 10.9. The highest BCUT2D eigenvalue weighted by Crippen LogP contribution is 2.02. The number of nitrogens with two attached hydrogens (primary N) is 1. The Labute approximate surface area is 72.0 Å². The highest BCUT2D eigenvalue weighted by Gasteiger charge is 2.22. The average molecular weight is 195 g/mol. The van der Waals surface area contributed by atoms with Gasteiger partial charge in [0.05, 0.1) is 6.26 Å². The van der Waals surface area contributed by atoms with Crippen LogP contribution in [-0.2, 0) is 19.1 Å². The van der Waals surface area contributed by atoms with Crippen LogP contribution >= 0.6 is 0 Å². The summed E-state index contributed by atoms with van der Waals surface area (Å²) in [5.41, 5.74) is 5.33. The monoisotopic (exact) mass is 195 g/mol. The molecule has 1 atom stereocenters. The van der Waals surface area contributed by atoms with E-state index in [4.69, 9.17) is 5.73 Å². The van der Waals surface area contributed by atoms with Crippen molar-refractivity contribution in [3.63, 3.8) is 0 Å². The third kappa shape index (κ3) is 4.30. The Kier molecular flexibility index (Phi) is 3.66. The molecule has 0 aromatic carbocycles. The lowest BCUT2D eigenvalue weighted by atomic mass is 10.1. The second kappa shape index (κ2) is 3.86. The van der Waals surface area contributed by atoms with Crippen molar-refractivity contribution in [2.75, 3.05) is 6.26 Å². The molecule has 0 rings (SSSR count). The van der Waals surface area contributed by atoms with Gasteiger partial charge >= 0.3 is 16.1 Å². The highest BCUT2D eigenvalue weighted by molar-refractivity contribution is 7.86. The van der Waals surface area contributed by atoms with Gasteiger partial charge in [0, 0.05) is 0 Å². The van der Waals surface area contributed by atoms with Crippen molar-refractivity contribution in [1.82, 2.24) is 0 Å². The second-order valence-corrected chi connectivity index (χ2v) is 4.45. The van der Waals surface area contributed by atoms with Gasteiger partial charge in [-0.05, 0) is 5.92 Å². The minimum Gasteiger partial charge on any atom is -0.344 e. The van der Waals surface area contributed by atoms with Crippen molar-refractivity contribution in [2.45, 2.75) is 19.9 Å². The van der Waals surface area contributed by atoms with Crippen LogP contribution in [0.15, 0.2) is 0 Å². The van der Waals surface area contributed by atoms with Crippen molar-refractivity contribution in [2.24, 2.45) is 11.7 Å². The molecule has 0 spiro atoms. The molecule has 0 saturated heterocycles. The Hall–Kier alpha value is -0.620. The molecule has 6 heteroatoms. The molecule has 0 amide bonds. The number of rotatable bonds is 3. The summed E-state index contributed by atoms with van der Waals surface area (Å²) in [6.07, 6.45) is 0.804. The molecular formula is C6H13NO4S. The van der Waals surface area contributed by atoms with Crippen LogP contribution < -0.4 is 5.73 Å². The van der Waals surface area contributed by atoms with E-state index in [0.29, 0.717) is 0 Å². The largest absolute Gasteiger partial charge is 0.344 e. The summed E-state index contributed by atoms with van der Waals surface area (Å²) < 4.78 is 25.0. The van der Waals surface area contributed by atoms with Gasteiger partial charge < -0.3 is 9.92 Å². The third-order valence-corrected chi connectivity index (χ3v) is 1.69. The van der Waals surface area contributed by atoms with E-state index < -0.39 is 22.1 Å². The summed E-state index contributed by atoms with van der Waals surface area (Å²) in [4.78, 5) is 10.9. The molecule has 0 aliphatic heterocycles. The van der Waals surface area contributed by atoms with Gasteiger partial charge in [0.15, 0.2) is 0 Å². The Bertz CT molecular complexity index is 257. The normalized spacial score (nSPS) is 14.4. The van der Waals surface area contributed by atoms with Crippen LogP contribution in [0.5, 0.6) is 0 Å². The van der Waals surface area contributed by atoms with E-state index in [2.05, 4.69) is 4.18 Å². The van der Waals surface area contributed by atoms with Crippen LogP contribution in [0.3, 0.4) is 0 Å². The quantitative estimate of drug-likeness (QED) is 0.612. The maximum Gasteiger partial charge on any atom is 0.339 e. The van der Waals surface area contributed by atoms with Crippen LogP contribution in [0.1, 0.15) is 13.8 Å². The molecule has 0 heterocycles. The fraction of sp³-hybridized carbons (Fsp3) is 0.833. The first kappa shape index (κ1) is 11.4.